The van der Waals surface area contributed by atoms with E-state index in [2.05, 4.69) is 21.7 Å². The van der Waals surface area contributed by atoms with Crippen molar-refractivity contribution in [2.45, 2.75) is 19.5 Å². The summed E-state index contributed by atoms with van der Waals surface area (Å²) in [6.45, 7) is 1.79. The average molecular weight is 288 g/mol. The summed E-state index contributed by atoms with van der Waals surface area (Å²) in [6, 6.07) is 7.85. The molecule has 0 bridgehead atoms. The number of imidazole rings is 1. The Bertz CT molecular complexity index is 555. The highest BCUT2D eigenvalue weighted by Crippen LogP contribution is 2.07. The SMILES string of the molecule is O=C(NCCCO)NCc1cccc(Cn2ccnc2)c1. The van der Waals surface area contributed by atoms with E-state index in [0.717, 1.165) is 17.7 Å². The van der Waals surface area contributed by atoms with Gasteiger partial charge in [0.1, 0.15) is 0 Å². The zero-order valence-corrected chi connectivity index (χ0v) is 11.8. The Morgan fingerprint density at radius 3 is 2.90 bits per heavy atom. The minimum atomic E-state index is -0.219. The summed E-state index contributed by atoms with van der Waals surface area (Å²) in [5, 5.41) is 14.1. The molecule has 0 saturated heterocycles. The lowest BCUT2D eigenvalue weighted by Gasteiger charge is -2.09. The van der Waals surface area contributed by atoms with Gasteiger partial charge in [0.15, 0.2) is 0 Å². The van der Waals surface area contributed by atoms with Gasteiger partial charge in [0, 0.05) is 38.6 Å². The number of aliphatic hydroxyl groups excluding tert-OH is 1. The van der Waals surface area contributed by atoms with Gasteiger partial charge in [-0.15, -0.1) is 0 Å². The highest BCUT2D eigenvalue weighted by atomic mass is 16.3. The molecule has 0 radical (unpaired) electrons. The summed E-state index contributed by atoms with van der Waals surface area (Å²) >= 11 is 0. The highest BCUT2D eigenvalue weighted by Gasteiger charge is 2.01. The lowest BCUT2D eigenvalue weighted by molar-refractivity contribution is 0.237. The first kappa shape index (κ1) is 15.1. The van der Waals surface area contributed by atoms with Crippen molar-refractivity contribution in [1.82, 2.24) is 20.2 Å². The molecule has 0 unspecified atom stereocenters. The Kier molecular flexibility index (Phi) is 5.78. The Hall–Kier alpha value is -2.34. The number of hydrogen-bond donors (Lipinski definition) is 3. The van der Waals surface area contributed by atoms with Gasteiger partial charge in [-0.3, -0.25) is 0 Å². The number of hydrogen-bond acceptors (Lipinski definition) is 3. The van der Waals surface area contributed by atoms with Crippen LogP contribution in [0, 0.1) is 0 Å². The summed E-state index contributed by atoms with van der Waals surface area (Å²) in [4.78, 5) is 15.5. The van der Waals surface area contributed by atoms with Crippen molar-refractivity contribution in [3.8, 4) is 0 Å². The van der Waals surface area contributed by atoms with Crippen molar-refractivity contribution in [3.63, 3.8) is 0 Å². The third-order valence-electron chi connectivity index (χ3n) is 2.99. The summed E-state index contributed by atoms with van der Waals surface area (Å²) in [5.41, 5.74) is 2.21. The van der Waals surface area contributed by atoms with Crippen LogP contribution in [0.5, 0.6) is 0 Å². The first-order valence-electron chi connectivity index (χ1n) is 6.94. The van der Waals surface area contributed by atoms with E-state index in [1.54, 1.807) is 12.5 Å². The Balaban J connectivity index is 1.82. The van der Waals surface area contributed by atoms with Crippen LogP contribution in [0.15, 0.2) is 43.0 Å². The van der Waals surface area contributed by atoms with Gasteiger partial charge < -0.3 is 20.3 Å². The monoisotopic (exact) mass is 288 g/mol. The lowest BCUT2D eigenvalue weighted by atomic mass is 10.1. The first-order valence-corrected chi connectivity index (χ1v) is 6.94. The average Bonchev–Trinajstić information content (AvgIpc) is 2.99. The van der Waals surface area contributed by atoms with Crippen molar-refractivity contribution in [2.24, 2.45) is 0 Å². The molecule has 2 amide bonds. The minimum Gasteiger partial charge on any atom is -0.396 e. The molecule has 0 saturated carbocycles. The molecule has 1 heterocycles. The summed E-state index contributed by atoms with van der Waals surface area (Å²) in [6.07, 6.45) is 6.01. The summed E-state index contributed by atoms with van der Waals surface area (Å²) in [7, 11) is 0. The number of amides is 2. The lowest BCUT2D eigenvalue weighted by Crippen LogP contribution is -2.35. The fourth-order valence-corrected chi connectivity index (χ4v) is 1.95. The van der Waals surface area contributed by atoms with Crippen LogP contribution in [0.2, 0.25) is 0 Å². The van der Waals surface area contributed by atoms with Gasteiger partial charge in [0.05, 0.1) is 6.33 Å². The molecule has 0 aliphatic rings. The molecular weight excluding hydrogens is 268 g/mol. The van der Waals surface area contributed by atoms with E-state index < -0.39 is 0 Å². The standard InChI is InChI=1S/C15H20N4O2/c20-8-2-5-17-15(21)18-10-13-3-1-4-14(9-13)11-19-7-6-16-12-19/h1,3-4,6-7,9,12,20H,2,5,8,10-11H2,(H2,17,18,21). The Labute approximate surface area is 123 Å². The van der Waals surface area contributed by atoms with Crippen molar-refractivity contribution >= 4 is 6.03 Å². The van der Waals surface area contributed by atoms with Crippen molar-refractivity contribution < 1.29 is 9.90 Å². The Morgan fingerprint density at radius 1 is 1.29 bits per heavy atom. The molecule has 2 rings (SSSR count). The van der Waals surface area contributed by atoms with Crippen LogP contribution in [0.3, 0.4) is 0 Å². The van der Waals surface area contributed by atoms with Gasteiger partial charge in [-0.2, -0.15) is 0 Å². The molecule has 112 valence electrons. The van der Waals surface area contributed by atoms with Crippen LogP contribution in [0.25, 0.3) is 0 Å². The molecular formula is C15H20N4O2. The second kappa shape index (κ2) is 8.06. The maximum absolute atomic E-state index is 11.5. The maximum Gasteiger partial charge on any atom is 0.315 e. The van der Waals surface area contributed by atoms with Gasteiger partial charge in [-0.05, 0) is 17.5 Å². The van der Waals surface area contributed by atoms with Gasteiger partial charge in [-0.25, -0.2) is 9.78 Å². The first-order chi connectivity index (χ1) is 10.3. The molecule has 1 aromatic heterocycles. The summed E-state index contributed by atoms with van der Waals surface area (Å²) in [5.74, 6) is 0. The number of nitrogens with one attached hydrogen (secondary N) is 2. The number of aromatic nitrogens is 2. The topological polar surface area (TPSA) is 79.2 Å². The van der Waals surface area contributed by atoms with E-state index in [-0.39, 0.29) is 12.6 Å². The predicted octanol–water partition coefficient (Wildman–Crippen LogP) is 1.11. The Morgan fingerprint density at radius 2 is 2.14 bits per heavy atom. The van der Waals surface area contributed by atoms with Gasteiger partial charge >= 0.3 is 6.03 Å². The normalized spacial score (nSPS) is 10.3. The summed E-state index contributed by atoms with van der Waals surface area (Å²) < 4.78 is 1.99. The molecule has 0 spiro atoms. The number of carbonyl (C=O) groups is 1. The number of rotatable bonds is 7. The van der Waals surface area contributed by atoms with E-state index in [0.29, 0.717) is 19.5 Å². The predicted molar refractivity (Wildman–Crippen MR) is 79.7 cm³/mol. The number of carbonyl (C=O) groups excluding carboxylic acids is 1. The van der Waals surface area contributed by atoms with Crippen molar-refractivity contribution in [2.75, 3.05) is 13.2 Å². The van der Waals surface area contributed by atoms with Crippen LogP contribution >= 0.6 is 0 Å². The number of nitrogens with zero attached hydrogens (tertiary/aromatic N) is 2. The third kappa shape index (κ3) is 5.27. The maximum atomic E-state index is 11.5. The molecule has 6 heteroatoms. The van der Waals surface area contributed by atoms with Crippen LogP contribution in [0.1, 0.15) is 17.5 Å². The molecule has 6 nitrogen and oxygen atoms in total. The molecule has 2 aromatic rings. The quantitative estimate of drug-likeness (QED) is 0.668. The molecule has 3 N–H and O–H groups in total. The van der Waals surface area contributed by atoms with E-state index in [1.165, 1.54) is 0 Å². The van der Waals surface area contributed by atoms with Gasteiger partial charge in [0.2, 0.25) is 0 Å². The number of urea groups is 1. The molecule has 0 aliphatic heterocycles. The molecule has 21 heavy (non-hydrogen) atoms. The van der Waals surface area contributed by atoms with E-state index in [9.17, 15) is 4.79 Å². The minimum absolute atomic E-state index is 0.0799. The smallest absolute Gasteiger partial charge is 0.315 e. The van der Waals surface area contributed by atoms with E-state index in [4.69, 9.17) is 5.11 Å². The molecule has 0 atom stereocenters. The van der Waals surface area contributed by atoms with Gasteiger partial charge in [-0.1, -0.05) is 24.3 Å². The second-order valence-corrected chi connectivity index (χ2v) is 4.74. The van der Waals surface area contributed by atoms with Crippen LogP contribution in [0.4, 0.5) is 4.79 Å². The molecule has 0 fully saturated rings. The largest absolute Gasteiger partial charge is 0.396 e. The van der Waals surface area contributed by atoms with E-state index in [1.807, 2.05) is 29.0 Å². The fraction of sp³-hybridized carbons (Fsp3) is 0.333. The van der Waals surface area contributed by atoms with Crippen LogP contribution < -0.4 is 10.6 Å². The molecule has 0 aliphatic carbocycles. The fourth-order valence-electron chi connectivity index (χ4n) is 1.95. The van der Waals surface area contributed by atoms with Gasteiger partial charge in [0.25, 0.3) is 0 Å². The van der Waals surface area contributed by atoms with Crippen LogP contribution in [-0.4, -0.2) is 33.8 Å². The zero-order chi connectivity index (χ0) is 14.9. The van der Waals surface area contributed by atoms with Crippen molar-refractivity contribution in [1.29, 1.82) is 0 Å². The third-order valence-corrected chi connectivity index (χ3v) is 2.99. The number of benzene rings is 1. The van der Waals surface area contributed by atoms with E-state index >= 15 is 0 Å². The molecule has 1 aromatic carbocycles. The van der Waals surface area contributed by atoms with Crippen LogP contribution in [-0.2, 0) is 13.1 Å². The number of aliphatic hydroxyl groups is 1. The second-order valence-electron chi connectivity index (χ2n) is 4.74. The zero-order valence-electron chi connectivity index (χ0n) is 11.8. The van der Waals surface area contributed by atoms with Crippen molar-refractivity contribution in [3.05, 3.63) is 54.1 Å². The highest BCUT2D eigenvalue weighted by molar-refractivity contribution is 5.73.